The number of methoxy groups -OCH3 is 1. The van der Waals surface area contributed by atoms with Gasteiger partial charge >= 0.3 is 0 Å². The minimum atomic E-state index is -0.344. The number of ether oxygens (including phenoxy) is 1. The molecule has 0 bridgehead atoms. The normalized spacial score (nSPS) is 19.1. The number of hydrogen-bond acceptors (Lipinski definition) is 5. The Morgan fingerprint density at radius 3 is 2.54 bits per heavy atom. The van der Waals surface area contributed by atoms with E-state index in [1.165, 1.54) is 0 Å². The number of hydrogen-bond donors (Lipinski definition) is 1. The van der Waals surface area contributed by atoms with Crippen LogP contribution in [0.2, 0.25) is 5.02 Å². The first-order valence-corrected chi connectivity index (χ1v) is 12.8. The number of fused-ring (bicyclic) bond motifs is 1. The second kappa shape index (κ2) is 9.83. The number of benzene rings is 3. The summed E-state index contributed by atoms with van der Waals surface area (Å²) < 4.78 is 11.5. The van der Waals surface area contributed by atoms with E-state index in [1.54, 1.807) is 13.4 Å². The van der Waals surface area contributed by atoms with Crippen LogP contribution in [-0.4, -0.2) is 12.9 Å². The maximum Gasteiger partial charge on any atom is 0.163 e. The smallest absolute Gasteiger partial charge is 0.163 e. The summed E-state index contributed by atoms with van der Waals surface area (Å²) in [5, 5.41) is 4.35. The highest BCUT2D eigenvalue weighted by molar-refractivity contribution is 6.30. The second-order valence-electron chi connectivity index (χ2n) is 9.48. The molecular formula is C31H27ClN2O3. The fourth-order valence-corrected chi connectivity index (χ4v) is 5.68. The van der Waals surface area contributed by atoms with Crippen molar-refractivity contribution in [2.75, 3.05) is 17.3 Å². The Morgan fingerprint density at radius 1 is 0.973 bits per heavy atom. The molecule has 186 valence electrons. The average molecular weight is 511 g/mol. The lowest BCUT2D eigenvalue weighted by molar-refractivity contribution is -0.116. The number of rotatable bonds is 5. The van der Waals surface area contributed by atoms with Gasteiger partial charge in [0.25, 0.3) is 0 Å². The molecule has 1 N–H and O–H groups in total. The van der Waals surface area contributed by atoms with Crippen molar-refractivity contribution in [2.45, 2.75) is 31.3 Å². The molecule has 37 heavy (non-hydrogen) atoms. The topological polar surface area (TPSA) is 54.7 Å². The maximum absolute atomic E-state index is 14.0. The van der Waals surface area contributed by atoms with E-state index in [0.29, 0.717) is 24.4 Å². The molecule has 0 radical (unpaired) electrons. The van der Waals surface area contributed by atoms with E-state index in [0.717, 1.165) is 45.3 Å². The fourth-order valence-electron chi connectivity index (χ4n) is 5.56. The van der Waals surface area contributed by atoms with Crippen LogP contribution in [0.1, 0.15) is 41.7 Å². The summed E-state index contributed by atoms with van der Waals surface area (Å²) in [6.45, 7) is 0.588. The van der Waals surface area contributed by atoms with E-state index >= 15 is 0 Å². The maximum atomic E-state index is 14.0. The summed E-state index contributed by atoms with van der Waals surface area (Å²) in [5.74, 6) is 1.69. The van der Waals surface area contributed by atoms with Gasteiger partial charge in [0, 0.05) is 40.7 Å². The van der Waals surface area contributed by atoms with Crippen molar-refractivity contribution >= 4 is 28.8 Å². The largest absolute Gasteiger partial charge is 0.496 e. The first-order valence-electron chi connectivity index (χ1n) is 12.4. The number of nitrogens with zero attached hydrogens (tertiary/aromatic N) is 1. The van der Waals surface area contributed by atoms with Crippen LogP contribution in [0.5, 0.6) is 5.75 Å². The number of para-hydroxylation sites is 3. The average Bonchev–Trinajstić information content (AvgIpc) is 3.42. The molecule has 2 aliphatic rings. The number of anilines is 2. The van der Waals surface area contributed by atoms with Gasteiger partial charge in [-0.05, 0) is 54.4 Å². The van der Waals surface area contributed by atoms with E-state index in [9.17, 15) is 4.79 Å². The van der Waals surface area contributed by atoms with Crippen LogP contribution in [0.4, 0.5) is 11.4 Å². The molecule has 0 unspecified atom stereocenters. The van der Waals surface area contributed by atoms with Crippen molar-refractivity contribution in [1.29, 1.82) is 0 Å². The highest BCUT2D eigenvalue weighted by atomic mass is 35.5. The van der Waals surface area contributed by atoms with Gasteiger partial charge in [0.15, 0.2) is 5.78 Å². The van der Waals surface area contributed by atoms with Crippen molar-refractivity contribution < 1.29 is 13.9 Å². The summed E-state index contributed by atoms with van der Waals surface area (Å²) in [6.07, 6.45) is 2.75. The summed E-state index contributed by atoms with van der Waals surface area (Å²) in [4.78, 5) is 16.3. The lowest BCUT2D eigenvalue weighted by atomic mass is 9.79. The highest BCUT2D eigenvalue weighted by Crippen LogP contribution is 2.49. The number of carbonyl (C=O) groups excluding carboxylic acids is 1. The summed E-state index contributed by atoms with van der Waals surface area (Å²) >= 11 is 6.19. The predicted molar refractivity (Wildman–Crippen MR) is 146 cm³/mol. The van der Waals surface area contributed by atoms with Gasteiger partial charge in [-0.25, -0.2) is 0 Å². The highest BCUT2D eigenvalue weighted by Gasteiger charge is 2.41. The third-order valence-electron chi connectivity index (χ3n) is 7.24. The van der Waals surface area contributed by atoms with E-state index in [4.69, 9.17) is 20.8 Å². The molecule has 1 aliphatic carbocycles. The SMILES string of the molecule is COc1ccccc1[C@@H]1C2=C(C[C@H](c3ccco3)CC2=O)Nc2ccccc2N1Cc1ccc(Cl)cc1. The van der Waals surface area contributed by atoms with Crippen LogP contribution in [-0.2, 0) is 11.3 Å². The van der Waals surface area contributed by atoms with Gasteiger partial charge in [-0.2, -0.15) is 0 Å². The van der Waals surface area contributed by atoms with Gasteiger partial charge in [0.05, 0.1) is 30.8 Å². The quantitative estimate of drug-likeness (QED) is 0.301. The summed E-state index contributed by atoms with van der Waals surface area (Å²) in [7, 11) is 1.68. The Kier molecular flexibility index (Phi) is 6.23. The molecule has 0 amide bonds. The van der Waals surface area contributed by atoms with Crippen LogP contribution < -0.4 is 15.0 Å². The molecule has 0 saturated heterocycles. The molecule has 6 rings (SSSR count). The fraction of sp³-hybridized carbons (Fsp3) is 0.194. The van der Waals surface area contributed by atoms with Crippen molar-refractivity contribution in [1.82, 2.24) is 0 Å². The number of halogens is 1. The first kappa shape index (κ1) is 23.4. The molecule has 2 atom stereocenters. The molecule has 3 aromatic carbocycles. The molecule has 0 saturated carbocycles. The lowest BCUT2D eigenvalue weighted by Gasteiger charge is -2.37. The molecule has 6 heteroatoms. The Bertz CT molecular complexity index is 1460. The number of Topliss-reactive ketones (excluding diaryl/α,β-unsaturated/α-hetero) is 1. The minimum absolute atomic E-state index is 0.0120. The van der Waals surface area contributed by atoms with Gasteiger partial charge in [-0.1, -0.05) is 54.1 Å². The van der Waals surface area contributed by atoms with E-state index in [2.05, 4.69) is 28.4 Å². The third-order valence-corrected chi connectivity index (χ3v) is 7.49. The van der Waals surface area contributed by atoms with Crippen LogP contribution in [0, 0.1) is 0 Å². The van der Waals surface area contributed by atoms with Gasteiger partial charge in [-0.3, -0.25) is 4.79 Å². The second-order valence-corrected chi connectivity index (χ2v) is 9.91. The molecule has 0 spiro atoms. The number of ketones is 1. The van der Waals surface area contributed by atoms with E-state index in [1.807, 2.05) is 66.7 Å². The van der Waals surface area contributed by atoms with Crippen molar-refractivity contribution in [3.05, 3.63) is 124 Å². The molecule has 4 aromatic rings. The Balaban J connectivity index is 1.56. The van der Waals surface area contributed by atoms with Gasteiger partial charge < -0.3 is 19.4 Å². The zero-order chi connectivity index (χ0) is 25.4. The number of furan rings is 1. The van der Waals surface area contributed by atoms with E-state index in [-0.39, 0.29) is 17.7 Å². The van der Waals surface area contributed by atoms with Gasteiger partial charge in [0.2, 0.25) is 0 Å². The van der Waals surface area contributed by atoms with Crippen LogP contribution in [0.25, 0.3) is 0 Å². The Labute approximate surface area is 221 Å². The molecular weight excluding hydrogens is 484 g/mol. The third kappa shape index (κ3) is 4.40. The van der Waals surface area contributed by atoms with Crippen molar-refractivity contribution in [3.8, 4) is 5.75 Å². The molecule has 2 heterocycles. The lowest BCUT2D eigenvalue weighted by Crippen LogP contribution is -2.34. The summed E-state index contributed by atoms with van der Waals surface area (Å²) in [5.41, 5.74) is 5.74. The van der Waals surface area contributed by atoms with Crippen LogP contribution in [0.3, 0.4) is 0 Å². The Morgan fingerprint density at radius 2 is 1.76 bits per heavy atom. The molecule has 0 fully saturated rings. The minimum Gasteiger partial charge on any atom is -0.496 e. The standard InChI is InChI=1S/C31H27ClN2O3/c1-36-29-10-5-2-7-23(29)31-30-25(17-21(18-27(30)35)28-11-6-16-37-28)33-24-8-3-4-9-26(24)34(31)19-20-12-14-22(32)15-13-20/h2-16,21,31,33H,17-19H2,1H3/t21-,31+/m0/s1. The van der Waals surface area contributed by atoms with E-state index < -0.39 is 0 Å². The zero-order valence-corrected chi connectivity index (χ0v) is 21.2. The van der Waals surface area contributed by atoms with Crippen molar-refractivity contribution in [3.63, 3.8) is 0 Å². The number of allylic oxidation sites excluding steroid dienone is 1. The Hall–Kier alpha value is -3.96. The van der Waals surface area contributed by atoms with Crippen LogP contribution in [0.15, 0.2) is 107 Å². The van der Waals surface area contributed by atoms with Gasteiger partial charge in [0.1, 0.15) is 11.5 Å². The van der Waals surface area contributed by atoms with Crippen LogP contribution >= 0.6 is 11.6 Å². The monoisotopic (exact) mass is 510 g/mol. The van der Waals surface area contributed by atoms with Gasteiger partial charge in [-0.15, -0.1) is 0 Å². The molecule has 5 nitrogen and oxygen atoms in total. The molecule has 1 aromatic heterocycles. The zero-order valence-electron chi connectivity index (χ0n) is 20.5. The molecule has 1 aliphatic heterocycles. The number of nitrogens with one attached hydrogen (secondary N) is 1. The first-order chi connectivity index (χ1) is 18.1. The van der Waals surface area contributed by atoms with Crippen molar-refractivity contribution in [2.24, 2.45) is 0 Å². The summed E-state index contributed by atoms with van der Waals surface area (Å²) in [6, 6.07) is 27.6. The number of carbonyl (C=O) groups is 1. The predicted octanol–water partition coefficient (Wildman–Crippen LogP) is 7.52.